The fraction of sp³-hybridized carbons (Fsp3) is 0.500. The summed E-state index contributed by atoms with van der Waals surface area (Å²) in [6.45, 7) is 4.97. The van der Waals surface area contributed by atoms with Crippen molar-refractivity contribution < 1.29 is 8.78 Å². The highest BCUT2D eigenvalue weighted by molar-refractivity contribution is 5.36. The third-order valence-electron chi connectivity index (χ3n) is 3.23. The van der Waals surface area contributed by atoms with Crippen LogP contribution in [0, 0.1) is 25.5 Å². The number of hydrogen-bond acceptors (Lipinski definition) is 1. The van der Waals surface area contributed by atoms with Gasteiger partial charge in [0.05, 0.1) is 0 Å². The van der Waals surface area contributed by atoms with Crippen molar-refractivity contribution in [1.29, 1.82) is 0 Å². The fourth-order valence-corrected chi connectivity index (χ4v) is 2.21. The van der Waals surface area contributed by atoms with Gasteiger partial charge in [-0.1, -0.05) is 0 Å². The summed E-state index contributed by atoms with van der Waals surface area (Å²) in [4.78, 5) is 0. The molecule has 15 heavy (non-hydrogen) atoms. The van der Waals surface area contributed by atoms with E-state index < -0.39 is 11.6 Å². The lowest BCUT2D eigenvalue weighted by Gasteiger charge is -2.14. The van der Waals surface area contributed by atoms with Crippen LogP contribution in [0.2, 0.25) is 0 Å². The van der Waals surface area contributed by atoms with Crippen molar-refractivity contribution in [1.82, 2.24) is 5.32 Å². The molecule has 0 saturated carbocycles. The summed E-state index contributed by atoms with van der Waals surface area (Å²) in [6.07, 6.45) is 0.961. The van der Waals surface area contributed by atoms with E-state index in [1.165, 1.54) is 13.0 Å². The van der Waals surface area contributed by atoms with Gasteiger partial charge in [-0.25, -0.2) is 8.78 Å². The Kier molecular flexibility index (Phi) is 2.74. The van der Waals surface area contributed by atoms with Crippen LogP contribution in [0.5, 0.6) is 0 Å². The predicted molar refractivity (Wildman–Crippen MR) is 56.1 cm³/mol. The Morgan fingerprint density at radius 3 is 2.60 bits per heavy atom. The molecular weight excluding hydrogens is 196 g/mol. The topological polar surface area (TPSA) is 12.0 Å². The Hall–Kier alpha value is -0.960. The van der Waals surface area contributed by atoms with Crippen molar-refractivity contribution in [2.24, 2.45) is 0 Å². The minimum absolute atomic E-state index is 0.127. The summed E-state index contributed by atoms with van der Waals surface area (Å²) in [7, 11) is 0. The number of rotatable bonds is 1. The minimum Gasteiger partial charge on any atom is -0.316 e. The van der Waals surface area contributed by atoms with Crippen LogP contribution in [-0.4, -0.2) is 13.1 Å². The van der Waals surface area contributed by atoms with E-state index >= 15 is 0 Å². The maximum absolute atomic E-state index is 13.6. The molecule has 0 bridgehead atoms. The van der Waals surface area contributed by atoms with E-state index in [0.717, 1.165) is 25.1 Å². The maximum Gasteiger partial charge on any atom is 0.132 e. The molecule has 0 aliphatic carbocycles. The Bertz CT molecular complexity index is 382. The van der Waals surface area contributed by atoms with Crippen molar-refractivity contribution >= 4 is 0 Å². The van der Waals surface area contributed by atoms with Crippen molar-refractivity contribution in [3.05, 3.63) is 34.4 Å². The molecule has 82 valence electrons. The largest absolute Gasteiger partial charge is 0.316 e. The molecule has 1 unspecified atom stereocenters. The Morgan fingerprint density at radius 1 is 1.27 bits per heavy atom. The first-order chi connectivity index (χ1) is 7.11. The van der Waals surface area contributed by atoms with Gasteiger partial charge >= 0.3 is 0 Å². The smallest absolute Gasteiger partial charge is 0.132 e. The lowest BCUT2D eigenvalue weighted by atomic mass is 9.92. The van der Waals surface area contributed by atoms with Crippen LogP contribution in [0.15, 0.2) is 6.07 Å². The van der Waals surface area contributed by atoms with E-state index in [1.54, 1.807) is 6.92 Å². The lowest BCUT2D eigenvalue weighted by Crippen LogP contribution is -2.10. The average molecular weight is 211 g/mol. The van der Waals surface area contributed by atoms with Crippen LogP contribution in [0.1, 0.15) is 29.0 Å². The highest BCUT2D eigenvalue weighted by Gasteiger charge is 2.22. The van der Waals surface area contributed by atoms with Gasteiger partial charge in [0.25, 0.3) is 0 Å². The Morgan fingerprint density at radius 2 is 2.00 bits per heavy atom. The summed E-state index contributed by atoms with van der Waals surface area (Å²) in [5, 5.41) is 3.21. The summed E-state index contributed by atoms with van der Waals surface area (Å²) >= 11 is 0. The molecule has 1 fully saturated rings. The molecule has 1 N–H and O–H groups in total. The van der Waals surface area contributed by atoms with Crippen LogP contribution in [-0.2, 0) is 0 Å². The van der Waals surface area contributed by atoms with Crippen molar-refractivity contribution in [2.45, 2.75) is 26.2 Å². The molecule has 0 amide bonds. The number of halogens is 2. The first kappa shape index (κ1) is 10.6. The van der Waals surface area contributed by atoms with Gasteiger partial charge in [-0.3, -0.25) is 0 Å². The zero-order valence-corrected chi connectivity index (χ0v) is 9.03. The molecule has 1 aromatic rings. The monoisotopic (exact) mass is 211 g/mol. The molecule has 1 aromatic carbocycles. The van der Waals surface area contributed by atoms with E-state index in [0.29, 0.717) is 5.56 Å². The number of benzene rings is 1. The van der Waals surface area contributed by atoms with Crippen LogP contribution in [0.25, 0.3) is 0 Å². The van der Waals surface area contributed by atoms with Gasteiger partial charge in [-0.2, -0.15) is 0 Å². The zero-order valence-electron chi connectivity index (χ0n) is 9.03. The second-order valence-corrected chi connectivity index (χ2v) is 4.20. The molecule has 0 spiro atoms. The first-order valence-electron chi connectivity index (χ1n) is 5.27. The molecule has 2 rings (SSSR count). The molecule has 1 nitrogen and oxygen atoms in total. The molecule has 1 saturated heterocycles. The summed E-state index contributed by atoms with van der Waals surface area (Å²) in [5.41, 5.74) is 1.55. The van der Waals surface area contributed by atoms with Crippen molar-refractivity contribution in [3.8, 4) is 0 Å². The normalized spacial score (nSPS) is 20.9. The van der Waals surface area contributed by atoms with Crippen LogP contribution in [0.4, 0.5) is 8.78 Å². The minimum atomic E-state index is -0.431. The first-order valence-corrected chi connectivity index (χ1v) is 5.27. The molecule has 1 heterocycles. The van der Waals surface area contributed by atoms with Crippen LogP contribution >= 0.6 is 0 Å². The third-order valence-corrected chi connectivity index (χ3v) is 3.23. The van der Waals surface area contributed by atoms with E-state index in [-0.39, 0.29) is 11.5 Å². The molecule has 3 heteroatoms. The SMILES string of the molecule is Cc1c(F)cc(C2CCNC2)c(C)c1F. The van der Waals surface area contributed by atoms with Gasteiger partial charge in [0.2, 0.25) is 0 Å². The molecule has 1 aliphatic rings. The molecule has 0 aromatic heterocycles. The van der Waals surface area contributed by atoms with E-state index in [9.17, 15) is 8.78 Å². The molecule has 1 aliphatic heterocycles. The van der Waals surface area contributed by atoms with Gasteiger partial charge in [0, 0.05) is 12.1 Å². The average Bonchev–Trinajstić information content (AvgIpc) is 2.73. The Balaban J connectivity index is 2.47. The second-order valence-electron chi connectivity index (χ2n) is 4.20. The van der Waals surface area contributed by atoms with E-state index in [4.69, 9.17) is 0 Å². The summed E-state index contributed by atoms with van der Waals surface area (Å²) < 4.78 is 27.1. The number of nitrogens with one attached hydrogen (secondary N) is 1. The molecule has 0 radical (unpaired) electrons. The fourth-order valence-electron chi connectivity index (χ4n) is 2.21. The van der Waals surface area contributed by atoms with Crippen LogP contribution in [0.3, 0.4) is 0 Å². The van der Waals surface area contributed by atoms with Gasteiger partial charge < -0.3 is 5.32 Å². The Labute approximate surface area is 88.5 Å². The van der Waals surface area contributed by atoms with Gasteiger partial charge in [0.1, 0.15) is 11.6 Å². The van der Waals surface area contributed by atoms with E-state index in [2.05, 4.69) is 5.32 Å². The van der Waals surface area contributed by atoms with Gasteiger partial charge in [-0.05, 0) is 49.9 Å². The molecular formula is C12H15F2N. The quantitative estimate of drug-likeness (QED) is 0.753. The summed E-state index contributed by atoms with van der Waals surface area (Å²) in [5.74, 6) is -0.563. The number of hydrogen-bond donors (Lipinski definition) is 1. The molecule has 1 atom stereocenters. The van der Waals surface area contributed by atoms with Crippen molar-refractivity contribution in [3.63, 3.8) is 0 Å². The highest BCUT2D eigenvalue weighted by atomic mass is 19.1. The van der Waals surface area contributed by atoms with Crippen LogP contribution < -0.4 is 5.32 Å². The maximum atomic E-state index is 13.6. The van der Waals surface area contributed by atoms with E-state index in [1.807, 2.05) is 0 Å². The standard InChI is InChI=1S/C12H15F2N/c1-7-10(9-3-4-15-6-9)5-11(13)8(2)12(7)14/h5,9,15H,3-4,6H2,1-2H3. The summed E-state index contributed by atoms with van der Waals surface area (Å²) in [6, 6.07) is 1.49. The second kappa shape index (κ2) is 3.89. The highest BCUT2D eigenvalue weighted by Crippen LogP contribution is 2.29. The predicted octanol–water partition coefficient (Wildman–Crippen LogP) is 2.66. The third kappa shape index (κ3) is 1.76. The lowest BCUT2D eigenvalue weighted by molar-refractivity contribution is 0.553. The zero-order chi connectivity index (χ0) is 11.0. The van der Waals surface area contributed by atoms with Gasteiger partial charge in [-0.15, -0.1) is 0 Å². The van der Waals surface area contributed by atoms with Crippen molar-refractivity contribution in [2.75, 3.05) is 13.1 Å². The van der Waals surface area contributed by atoms with Gasteiger partial charge in [0.15, 0.2) is 0 Å².